The maximum atomic E-state index is 13.0. The van der Waals surface area contributed by atoms with Gasteiger partial charge in [-0.05, 0) is 31.3 Å². The number of piperazine rings is 1. The summed E-state index contributed by atoms with van der Waals surface area (Å²) in [6, 6.07) is 19.5. The Morgan fingerprint density at radius 1 is 0.962 bits per heavy atom. The highest BCUT2D eigenvalue weighted by atomic mass is 32.2. The Balaban J connectivity index is 1.67. The first-order valence-electron chi connectivity index (χ1n) is 8.68. The van der Waals surface area contributed by atoms with Crippen LogP contribution in [0.5, 0.6) is 0 Å². The second-order valence-corrected chi connectivity index (χ2v) is 7.85. The summed E-state index contributed by atoms with van der Waals surface area (Å²) in [6.07, 6.45) is 0. The number of anilines is 2. The fourth-order valence-electron chi connectivity index (χ4n) is 2.86. The van der Waals surface area contributed by atoms with E-state index >= 15 is 0 Å². The van der Waals surface area contributed by atoms with Gasteiger partial charge < -0.3 is 9.80 Å². The Labute approximate surface area is 164 Å². The Morgan fingerprint density at radius 2 is 1.46 bits per heavy atom. The molecule has 136 valence electrons. The zero-order chi connectivity index (χ0) is 18.4. The third-order valence-electron chi connectivity index (χ3n) is 4.36. The molecule has 0 bridgehead atoms. The molecule has 0 N–H and O–H groups in total. The summed E-state index contributed by atoms with van der Waals surface area (Å²) in [5.41, 5.74) is 1.74. The molecular weight excluding hydrogens is 362 g/mol. The van der Waals surface area contributed by atoms with Gasteiger partial charge in [0, 0.05) is 37.6 Å². The summed E-state index contributed by atoms with van der Waals surface area (Å²) < 4.78 is 0.813. The largest absolute Gasteiger partial charge is 0.355 e. The first kappa shape index (κ1) is 18.9. The minimum atomic E-state index is 0.0314. The SMILES string of the molecule is CN1CCN(C(=S)SCC(=O)N(c2ccccc2)c2ccccc2)CC1. The van der Waals surface area contributed by atoms with Crippen molar-refractivity contribution in [2.45, 2.75) is 0 Å². The molecule has 0 aromatic heterocycles. The minimum Gasteiger partial charge on any atom is -0.355 e. The summed E-state index contributed by atoms with van der Waals surface area (Å²) in [4.78, 5) is 19.3. The van der Waals surface area contributed by atoms with Crippen molar-refractivity contribution in [1.29, 1.82) is 0 Å². The lowest BCUT2D eigenvalue weighted by Gasteiger charge is -2.33. The molecule has 1 heterocycles. The molecule has 1 fully saturated rings. The number of thioether (sulfide) groups is 1. The van der Waals surface area contributed by atoms with Gasteiger partial charge >= 0.3 is 0 Å². The van der Waals surface area contributed by atoms with Crippen LogP contribution in [0, 0.1) is 0 Å². The molecule has 0 saturated carbocycles. The maximum Gasteiger partial charge on any atom is 0.241 e. The Hall–Kier alpha value is -1.89. The first-order valence-corrected chi connectivity index (χ1v) is 10.1. The predicted molar refractivity (Wildman–Crippen MR) is 114 cm³/mol. The first-order chi connectivity index (χ1) is 12.6. The third-order valence-corrected chi connectivity index (χ3v) is 5.87. The lowest BCUT2D eigenvalue weighted by Crippen LogP contribution is -2.46. The summed E-state index contributed by atoms with van der Waals surface area (Å²) in [6.45, 7) is 3.87. The molecule has 2 aromatic rings. The molecule has 1 aliphatic heterocycles. The molecular formula is C20H23N3OS2. The fourth-order valence-corrected chi connectivity index (χ4v) is 3.96. The van der Waals surface area contributed by atoms with E-state index in [0.29, 0.717) is 5.75 Å². The monoisotopic (exact) mass is 385 g/mol. The number of carbonyl (C=O) groups is 1. The van der Waals surface area contributed by atoms with Gasteiger partial charge in [-0.2, -0.15) is 0 Å². The molecule has 26 heavy (non-hydrogen) atoms. The van der Waals surface area contributed by atoms with Crippen LogP contribution in [-0.2, 0) is 4.79 Å². The van der Waals surface area contributed by atoms with Gasteiger partial charge in [0.15, 0.2) is 0 Å². The van der Waals surface area contributed by atoms with E-state index in [2.05, 4.69) is 16.8 Å². The van der Waals surface area contributed by atoms with Crippen LogP contribution in [0.3, 0.4) is 0 Å². The highest BCUT2D eigenvalue weighted by Gasteiger charge is 2.21. The molecule has 0 spiro atoms. The van der Waals surface area contributed by atoms with E-state index in [0.717, 1.165) is 41.9 Å². The van der Waals surface area contributed by atoms with Crippen LogP contribution in [0.2, 0.25) is 0 Å². The summed E-state index contributed by atoms with van der Waals surface area (Å²) in [7, 11) is 2.12. The van der Waals surface area contributed by atoms with Crippen molar-refractivity contribution in [2.24, 2.45) is 0 Å². The molecule has 0 unspecified atom stereocenters. The van der Waals surface area contributed by atoms with E-state index < -0.39 is 0 Å². The van der Waals surface area contributed by atoms with E-state index in [-0.39, 0.29) is 5.91 Å². The summed E-state index contributed by atoms with van der Waals surface area (Å²) >= 11 is 7.01. The van der Waals surface area contributed by atoms with Crippen molar-refractivity contribution in [3.8, 4) is 0 Å². The average molecular weight is 386 g/mol. The molecule has 4 nitrogen and oxygen atoms in total. The van der Waals surface area contributed by atoms with Crippen LogP contribution in [0.1, 0.15) is 0 Å². The predicted octanol–water partition coefficient (Wildman–Crippen LogP) is 3.62. The molecule has 1 saturated heterocycles. The number of rotatable bonds is 4. The van der Waals surface area contributed by atoms with Crippen molar-refractivity contribution < 1.29 is 4.79 Å². The van der Waals surface area contributed by atoms with Crippen molar-refractivity contribution >= 4 is 45.6 Å². The van der Waals surface area contributed by atoms with Crippen LogP contribution in [0.4, 0.5) is 11.4 Å². The van der Waals surface area contributed by atoms with Gasteiger partial charge in [0.25, 0.3) is 0 Å². The van der Waals surface area contributed by atoms with Gasteiger partial charge in [-0.3, -0.25) is 9.69 Å². The molecule has 3 rings (SSSR count). The number of benzene rings is 2. The Kier molecular flexibility index (Phi) is 6.66. The van der Waals surface area contributed by atoms with Gasteiger partial charge in [-0.1, -0.05) is 60.4 Å². The van der Waals surface area contributed by atoms with Gasteiger partial charge in [-0.25, -0.2) is 0 Å². The minimum absolute atomic E-state index is 0.0314. The van der Waals surface area contributed by atoms with E-state index in [9.17, 15) is 4.79 Å². The number of para-hydroxylation sites is 2. The lowest BCUT2D eigenvalue weighted by molar-refractivity contribution is -0.115. The molecule has 1 aliphatic rings. The fraction of sp³-hybridized carbons (Fsp3) is 0.300. The van der Waals surface area contributed by atoms with Crippen LogP contribution in [0.15, 0.2) is 60.7 Å². The lowest BCUT2D eigenvalue weighted by atomic mass is 10.2. The van der Waals surface area contributed by atoms with E-state index in [4.69, 9.17) is 12.2 Å². The van der Waals surface area contributed by atoms with Crippen molar-refractivity contribution in [3.63, 3.8) is 0 Å². The Morgan fingerprint density at radius 3 is 1.96 bits per heavy atom. The normalized spacial score (nSPS) is 14.9. The molecule has 0 aliphatic carbocycles. The zero-order valence-corrected chi connectivity index (χ0v) is 16.5. The Bertz CT molecular complexity index is 692. The van der Waals surface area contributed by atoms with Crippen LogP contribution < -0.4 is 4.90 Å². The molecule has 0 radical (unpaired) electrons. The number of carbonyl (C=O) groups excluding carboxylic acids is 1. The van der Waals surface area contributed by atoms with Crippen molar-refractivity contribution in [1.82, 2.24) is 9.80 Å². The standard InChI is InChI=1S/C20H23N3OS2/c1-21-12-14-22(15-13-21)20(25)26-16-19(24)23(17-8-4-2-5-9-17)18-10-6-3-7-11-18/h2-11H,12-16H2,1H3. The number of hydrogen-bond donors (Lipinski definition) is 0. The zero-order valence-electron chi connectivity index (χ0n) is 14.9. The smallest absolute Gasteiger partial charge is 0.241 e. The van der Waals surface area contributed by atoms with Crippen molar-refractivity contribution in [2.75, 3.05) is 43.9 Å². The highest BCUT2D eigenvalue weighted by molar-refractivity contribution is 8.23. The second-order valence-electron chi connectivity index (χ2n) is 6.25. The number of likely N-dealkylation sites (N-methyl/N-ethyl adjacent to an activating group) is 1. The van der Waals surface area contributed by atoms with Crippen LogP contribution in [-0.4, -0.2) is 59.0 Å². The molecule has 0 atom stereocenters. The molecule has 2 aromatic carbocycles. The molecule has 6 heteroatoms. The van der Waals surface area contributed by atoms with Crippen LogP contribution in [0.25, 0.3) is 0 Å². The van der Waals surface area contributed by atoms with Gasteiger partial charge in [0.2, 0.25) is 5.91 Å². The quantitative estimate of drug-likeness (QED) is 0.749. The van der Waals surface area contributed by atoms with Gasteiger partial charge in [0.05, 0.1) is 5.75 Å². The average Bonchev–Trinajstić information content (AvgIpc) is 2.68. The highest BCUT2D eigenvalue weighted by Crippen LogP contribution is 2.26. The maximum absolute atomic E-state index is 13.0. The third kappa shape index (κ3) is 4.84. The molecule has 1 amide bonds. The topological polar surface area (TPSA) is 26.8 Å². The summed E-state index contributed by atoms with van der Waals surface area (Å²) in [5.74, 6) is 0.360. The number of thiocarbonyl (C=S) groups is 1. The van der Waals surface area contributed by atoms with Crippen LogP contribution >= 0.6 is 24.0 Å². The second kappa shape index (κ2) is 9.16. The number of hydrogen-bond acceptors (Lipinski definition) is 4. The van der Waals surface area contributed by atoms with E-state index in [1.807, 2.05) is 60.7 Å². The van der Waals surface area contributed by atoms with Gasteiger partial charge in [-0.15, -0.1) is 0 Å². The van der Waals surface area contributed by atoms with E-state index in [1.165, 1.54) is 11.8 Å². The van der Waals surface area contributed by atoms with E-state index in [1.54, 1.807) is 4.90 Å². The number of amides is 1. The number of nitrogens with zero attached hydrogens (tertiary/aromatic N) is 3. The summed E-state index contributed by atoms with van der Waals surface area (Å²) in [5, 5.41) is 0. The van der Waals surface area contributed by atoms with Crippen molar-refractivity contribution in [3.05, 3.63) is 60.7 Å². The van der Waals surface area contributed by atoms with Gasteiger partial charge in [0.1, 0.15) is 4.32 Å².